The van der Waals surface area contributed by atoms with Gasteiger partial charge in [-0.05, 0) is 79.6 Å². The van der Waals surface area contributed by atoms with Gasteiger partial charge in [-0.3, -0.25) is 0 Å². The normalized spacial score (nSPS) is 13.5. The highest BCUT2D eigenvalue weighted by atomic mass is 28.4. The fraction of sp³-hybridized carbons (Fsp3) is 1.00. The summed E-state index contributed by atoms with van der Waals surface area (Å²) in [5.74, 6) is 0. The average molecular weight is 435 g/mol. The maximum Gasteiger partial charge on any atom is 0.338 e. The summed E-state index contributed by atoms with van der Waals surface area (Å²) in [7, 11) is -4.64. The van der Waals surface area contributed by atoms with E-state index < -0.39 is 17.1 Å². The van der Waals surface area contributed by atoms with E-state index in [1.807, 2.05) is 0 Å². The summed E-state index contributed by atoms with van der Waals surface area (Å²) in [5, 5.41) is 0. The van der Waals surface area contributed by atoms with Crippen molar-refractivity contribution in [3.05, 3.63) is 0 Å². The minimum atomic E-state index is -2.32. The quantitative estimate of drug-likeness (QED) is 0.227. The lowest BCUT2D eigenvalue weighted by Crippen LogP contribution is -2.51. The minimum Gasteiger partial charge on any atom is -0.392 e. The van der Waals surface area contributed by atoms with Crippen molar-refractivity contribution in [2.75, 3.05) is 0 Å². The van der Waals surface area contributed by atoms with E-state index in [0.717, 1.165) is 37.0 Å². The molecule has 0 unspecified atom stereocenters. The Morgan fingerprint density at radius 3 is 0.893 bits per heavy atom. The highest BCUT2D eigenvalue weighted by molar-refractivity contribution is 6.73. The number of rotatable bonds is 17. The molecule has 0 atom stereocenters. The standard InChI is InChI=1S/C22H50O4Si2/c1-11-13-15-27(23-19(3)4,24-20(5)6)17-18-28(16-14-12-2,25-21(7)8)26-22(9)10/h19-22H,11-18H2,1-10H3. The molecule has 0 rings (SSSR count). The molecule has 0 aliphatic carbocycles. The van der Waals surface area contributed by atoms with Crippen LogP contribution in [0.5, 0.6) is 0 Å². The Bertz CT molecular complexity index is 331. The number of hydrogen-bond acceptors (Lipinski definition) is 4. The van der Waals surface area contributed by atoms with Crippen LogP contribution >= 0.6 is 0 Å². The van der Waals surface area contributed by atoms with Crippen molar-refractivity contribution >= 4 is 17.1 Å². The molecule has 0 heterocycles. The molecule has 6 heteroatoms. The first kappa shape index (κ1) is 28.3. The Hall–Kier alpha value is 0.274. The molecule has 0 saturated carbocycles. The van der Waals surface area contributed by atoms with Gasteiger partial charge in [-0.2, -0.15) is 0 Å². The van der Waals surface area contributed by atoms with Crippen molar-refractivity contribution in [3.8, 4) is 0 Å². The monoisotopic (exact) mass is 434 g/mol. The first-order valence-corrected chi connectivity index (χ1v) is 16.2. The minimum absolute atomic E-state index is 0.186. The molecule has 0 N–H and O–H groups in total. The van der Waals surface area contributed by atoms with Crippen LogP contribution in [0.15, 0.2) is 0 Å². The highest BCUT2D eigenvalue weighted by Gasteiger charge is 2.46. The van der Waals surface area contributed by atoms with Gasteiger partial charge < -0.3 is 17.7 Å². The van der Waals surface area contributed by atoms with Crippen molar-refractivity contribution in [2.24, 2.45) is 0 Å². The highest BCUT2D eigenvalue weighted by Crippen LogP contribution is 2.34. The van der Waals surface area contributed by atoms with E-state index in [2.05, 4.69) is 69.2 Å². The lowest BCUT2D eigenvalue weighted by molar-refractivity contribution is 0.0936. The van der Waals surface area contributed by atoms with Crippen molar-refractivity contribution in [3.63, 3.8) is 0 Å². The van der Waals surface area contributed by atoms with Crippen LogP contribution in [-0.4, -0.2) is 41.5 Å². The summed E-state index contributed by atoms with van der Waals surface area (Å²) < 4.78 is 26.4. The second kappa shape index (κ2) is 14.3. The predicted molar refractivity (Wildman–Crippen MR) is 125 cm³/mol. The topological polar surface area (TPSA) is 36.9 Å². The molecule has 0 aromatic heterocycles. The van der Waals surface area contributed by atoms with Crippen molar-refractivity contribution in [2.45, 2.75) is 144 Å². The van der Waals surface area contributed by atoms with Gasteiger partial charge in [0.05, 0.1) is 0 Å². The molecule has 0 fully saturated rings. The summed E-state index contributed by atoms with van der Waals surface area (Å²) >= 11 is 0. The maximum atomic E-state index is 6.59. The van der Waals surface area contributed by atoms with Gasteiger partial charge in [0.25, 0.3) is 0 Å². The van der Waals surface area contributed by atoms with Gasteiger partial charge in [0.1, 0.15) is 0 Å². The van der Waals surface area contributed by atoms with Gasteiger partial charge in [0.2, 0.25) is 0 Å². The second-order valence-electron chi connectivity index (χ2n) is 9.19. The van der Waals surface area contributed by atoms with Crippen molar-refractivity contribution in [1.82, 2.24) is 0 Å². The molecule has 170 valence electrons. The van der Waals surface area contributed by atoms with Crippen LogP contribution in [0.3, 0.4) is 0 Å². The second-order valence-corrected chi connectivity index (χ2v) is 15.8. The Balaban J connectivity index is 5.68. The van der Waals surface area contributed by atoms with E-state index >= 15 is 0 Å². The molecular formula is C22H50O4Si2. The van der Waals surface area contributed by atoms with Crippen molar-refractivity contribution in [1.29, 1.82) is 0 Å². The number of unbranched alkanes of at least 4 members (excludes halogenated alkanes) is 2. The van der Waals surface area contributed by atoms with E-state index in [0.29, 0.717) is 0 Å². The van der Waals surface area contributed by atoms with Crippen LogP contribution in [0.1, 0.15) is 94.9 Å². The third kappa shape index (κ3) is 12.1. The summed E-state index contributed by atoms with van der Waals surface area (Å²) in [6, 6.07) is 4.06. The lowest BCUT2D eigenvalue weighted by Gasteiger charge is -2.39. The molecule has 0 aromatic carbocycles. The van der Waals surface area contributed by atoms with E-state index in [4.69, 9.17) is 17.7 Å². The first-order chi connectivity index (χ1) is 13.0. The molecule has 4 nitrogen and oxygen atoms in total. The van der Waals surface area contributed by atoms with Gasteiger partial charge in [-0.1, -0.05) is 39.5 Å². The van der Waals surface area contributed by atoms with Crippen LogP contribution < -0.4 is 0 Å². The van der Waals surface area contributed by atoms with Gasteiger partial charge in [-0.15, -0.1) is 0 Å². The van der Waals surface area contributed by atoms with E-state index in [9.17, 15) is 0 Å². The molecule has 0 spiro atoms. The third-order valence-electron chi connectivity index (χ3n) is 4.51. The van der Waals surface area contributed by atoms with Crippen LogP contribution in [-0.2, 0) is 17.7 Å². The number of hydrogen-bond donors (Lipinski definition) is 0. The molecule has 0 bridgehead atoms. The van der Waals surface area contributed by atoms with E-state index in [-0.39, 0.29) is 24.4 Å². The molecular weight excluding hydrogens is 384 g/mol. The van der Waals surface area contributed by atoms with Crippen LogP contribution in [0, 0.1) is 0 Å². The average Bonchev–Trinajstić information content (AvgIpc) is 2.54. The molecule has 0 radical (unpaired) electrons. The Kier molecular flexibility index (Phi) is 14.4. The maximum absolute atomic E-state index is 6.59. The SMILES string of the molecule is CCCC[Si](CC[Si](CCCC)(OC(C)C)OC(C)C)(OC(C)C)OC(C)C. The molecule has 0 amide bonds. The molecule has 0 saturated heterocycles. The lowest BCUT2D eigenvalue weighted by atomic mass is 10.4. The molecule has 0 aromatic rings. The first-order valence-electron chi connectivity index (χ1n) is 11.7. The smallest absolute Gasteiger partial charge is 0.338 e. The predicted octanol–water partition coefficient (Wildman–Crippen LogP) is 7.17. The third-order valence-corrected chi connectivity index (χ3v) is 12.9. The van der Waals surface area contributed by atoms with Crippen LogP contribution in [0.25, 0.3) is 0 Å². The van der Waals surface area contributed by atoms with E-state index in [1.165, 1.54) is 12.8 Å². The van der Waals surface area contributed by atoms with Crippen LogP contribution in [0.4, 0.5) is 0 Å². The Morgan fingerprint density at radius 2 is 0.714 bits per heavy atom. The molecule has 0 aliphatic rings. The molecule has 0 aliphatic heterocycles. The zero-order chi connectivity index (χ0) is 21.8. The summed E-state index contributed by atoms with van der Waals surface area (Å²) in [4.78, 5) is 0. The largest absolute Gasteiger partial charge is 0.392 e. The van der Waals surface area contributed by atoms with Crippen LogP contribution in [0.2, 0.25) is 24.2 Å². The van der Waals surface area contributed by atoms with E-state index in [1.54, 1.807) is 0 Å². The van der Waals surface area contributed by atoms with Gasteiger partial charge in [-0.25, -0.2) is 0 Å². The summed E-state index contributed by atoms with van der Waals surface area (Å²) in [5.41, 5.74) is 0. The zero-order valence-corrected chi connectivity index (χ0v) is 22.6. The Labute approximate surface area is 178 Å². The fourth-order valence-corrected chi connectivity index (χ4v) is 13.6. The van der Waals surface area contributed by atoms with Crippen molar-refractivity contribution < 1.29 is 17.7 Å². The Morgan fingerprint density at radius 1 is 0.464 bits per heavy atom. The van der Waals surface area contributed by atoms with Gasteiger partial charge >= 0.3 is 17.1 Å². The van der Waals surface area contributed by atoms with Gasteiger partial charge in [0.15, 0.2) is 0 Å². The zero-order valence-electron chi connectivity index (χ0n) is 20.6. The summed E-state index contributed by atoms with van der Waals surface area (Å²) in [6.45, 7) is 21.6. The molecule has 28 heavy (non-hydrogen) atoms. The fourth-order valence-electron chi connectivity index (χ4n) is 3.77. The summed E-state index contributed by atoms with van der Waals surface area (Å²) in [6.07, 6.45) is 5.40. The van der Waals surface area contributed by atoms with Gasteiger partial charge in [0, 0.05) is 24.4 Å².